The average Bonchev–Trinajstić information content (AvgIpc) is 2.48. The molecule has 0 aliphatic rings. The fourth-order valence-electron chi connectivity index (χ4n) is 1.93. The highest BCUT2D eigenvalue weighted by molar-refractivity contribution is 5.92. The monoisotopic (exact) mass is 290 g/mol. The number of nitrogens with zero attached hydrogens (tertiary/aromatic N) is 2. The Balaban J connectivity index is 2.77. The number of rotatable bonds is 8. The van der Waals surface area contributed by atoms with Crippen LogP contribution in [-0.2, 0) is 4.79 Å². The van der Waals surface area contributed by atoms with Crippen LogP contribution in [0.4, 0.5) is 10.5 Å². The highest BCUT2D eigenvalue weighted by Gasteiger charge is 2.20. The van der Waals surface area contributed by atoms with Gasteiger partial charge in [0.15, 0.2) is 0 Å². The topological polar surface area (TPSA) is 60.9 Å². The van der Waals surface area contributed by atoms with Gasteiger partial charge in [0.2, 0.25) is 0 Å². The smallest absolute Gasteiger partial charge is 0.324 e. The van der Waals surface area contributed by atoms with E-state index >= 15 is 0 Å². The Bertz CT molecular complexity index is 474. The minimum atomic E-state index is -0.918. The number of carboxylic acid groups (broad SMARTS) is 1. The first-order valence-corrected chi connectivity index (χ1v) is 6.96. The lowest BCUT2D eigenvalue weighted by molar-refractivity contribution is -0.136. The standard InChI is InChI=1S/C16H22N2O3/c1-3-4-8-12-17(2)16(21)18(13-11-15(19)20)14-9-6-5-7-10-14/h3,5-7,9-10H,1,4,8,11-13H2,2H3,(H,19,20). The quantitative estimate of drug-likeness (QED) is 0.591. The zero-order valence-electron chi connectivity index (χ0n) is 12.4. The molecule has 0 spiro atoms. The molecule has 0 aliphatic heterocycles. The summed E-state index contributed by atoms with van der Waals surface area (Å²) in [4.78, 5) is 26.4. The van der Waals surface area contributed by atoms with Crippen LogP contribution in [0, 0.1) is 0 Å². The molecule has 0 radical (unpaired) electrons. The van der Waals surface area contributed by atoms with Crippen LogP contribution in [0.25, 0.3) is 0 Å². The van der Waals surface area contributed by atoms with Crippen molar-refractivity contribution < 1.29 is 14.7 Å². The van der Waals surface area contributed by atoms with Crippen LogP contribution in [0.1, 0.15) is 19.3 Å². The number of unbranched alkanes of at least 4 members (excludes halogenated alkanes) is 1. The summed E-state index contributed by atoms with van der Waals surface area (Å²) in [6.07, 6.45) is 3.42. The number of carboxylic acids is 1. The van der Waals surface area contributed by atoms with Gasteiger partial charge in [-0.05, 0) is 25.0 Å². The van der Waals surface area contributed by atoms with E-state index in [2.05, 4.69) is 6.58 Å². The zero-order valence-corrected chi connectivity index (χ0v) is 12.4. The van der Waals surface area contributed by atoms with E-state index in [4.69, 9.17) is 5.11 Å². The Morgan fingerprint density at radius 2 is 1.90 bits per heavy atom. The Morgan fingerprint density at radius 1 is 1.24 bits per heavy atom. The molecule has 0 bridgehead atoms. The summed E-state index contributed by atoms with van der Waals surface area (Å²) in [5.74, 6) is -0.918. The van der Waals surface area contributed by atoms with Crippen LogP contribution in [0.15, 0.2) is 43.0 Å². The summed E-state index contributed by atoms with van der Waals surface area (Å²) in [5, 5.41) is 8.84. The van der Waals surface area contributed by atoms with Crippen molar-refractivity contribution in [3.63, 3.8) is 0 Å². The van der Waals surface area contributed by atoms with Gasteiger partial charge in [-0.25, -0.2) is 4.79 Å². The number of carbonyl (C=O) groups excluding carboxylic acids is 1. The normalized spacial score (nSPS) is 9.95. The molecule has 0 saturated heterocycles. The molecule has 2 amide bonds. The number of para-hydroxylation sites is 1. The third-order valence-electron chi connectivity index (χ3n) is 3.08. The molecule has 0 fully saturated rings. The van der Waals surface area contributed by atoms with Gasteiger partial charge in [-0.1, -0.05) is 24.3 Å². The summed E-state index contributed by atoms with van der Waals surface area (Å²) >= 11 is 0. The first-order chi connectivity index (χ1) is 10.1. The Kier molecular flexibility index (Phi) is 7.01. The summed E-state index contributed by atoms with van der Waals surface area (Å²) in [7, 11) is 1.72. The Morgan fingerprint density at radius 3 is 2.48 bits per heavy atom. The van der Waals surface area contributed by atoms with Crippen molar-refractivity contribution in [2.24, 2.45) is 0 Å². The fraction of sp³-hybridized carbons (Fsp3) is 0.375. The van der Waals surface area contributed by atoms with E-state index in [1.165, 1.54) is 4.90 Å². The Labute approximate surface area is 125 Å². The molecule has 5 nitrogen and oxygen atoms in total. The number of allylic oxidation sites excluding steroid dienone is 1. The molecule has 114 valence electrons. The molecule has 1 aromatic carbocycles. The van der Waals surface area contributed by atoms with Gasteiger partial charge in [0, 0.05) is 25.8 Å². The number of aliphatic carboxylic acids is 1. The Hall–Kier alpha value is -2.30. The van der Waals surface area contributed by atoms with E-state index in [0.717, 1.165) is 12.8 Å². The van der Waals surface area contributed by atoms with Crippen LogP contribution in [0.2, 0.25) is 0 Å². The van der Waals surface area contributed by atoms with Crippen molar-refractivity contribution in [1.29, 1.82) is 0 Å². The summed E-state index contributed by atoms with van der Waals surface area (Å²) in [5.41, 5.74) is 0.708. The first kappa shape index (κ1) is 16.8. The van der Waals surface area contributed by atoms with Crippen LogP contribution in [0.3, 0.4) is 0 Å². The van der Waals surface area contributed by atoms with Gasteiger partial charge < -0.3 is 10.0 Å². The van der Waals surface area contributed by atoms with Crippen LogP contribution < -0.4 is 4.90 Å². The lowest BCUT2D eigenvalue weighted by Crippen LogP contribution is -2.42. The number of carbonyl (C=O) groups is 2. The number of hydrogen-bond donors (Lipinski definition) is 1. The summed E-state index contributed by atoms with van der Waals surface area (Å²) < 4.78 is 0. The van der Waals surface area contributed by atoms with Gasteiger partial charge in [-0.15, -0.1) is 6.58 Å². The fourth-order valence-corrected chi connectivity index (χ4v) is 1.93. The minimum Gasteiger partial charge on any atom is -0.481 e. The van der Waals surface area contributed by atoms with Crippen LogP contribution >= 0.6 is 0 Å². The number of amides is 2. The second kappa shape index (κ2) is 8.79. The maximum absolute atomic E-state index is 12.5. The average molecular weight is 290 g/mol. The van der Waals surface area contributed by atoms with E-state index in [1.54, 1.807) is 24.1 Å². The minimum absolute atomic E-state index is 0.0822. The van der Waals surface area contributed by atoms with Crippen LogP contribution in [0.5, 0.6) is 0 Å². The number of benzene rings is 1. The lowest BCUT2D eigenvalue weighted by atomic mass is 10.2. The van der Waals surface area contributed by atoms with E-state index in [-0.39, 0.29) is 19.0 Å². The molecule has 0 saturated carbocycles. The van der Waals surface area contributed by atoms with Gasteiger partial charge in [-0.3, -0.25) is 9.69 Å². The number of urea groups is 1. The molecule has 5 heteroatoms. The number of anilines is 1. The molecule has 0 unspecified atom stereocenters. The largest absolute Gasteiger partial charge is 0.481 e. The lowest BCUT2D eigenvalue weighted by Gasteiger charge is -2.28. The van der Waals surface area contributed by atoms with E-state index in [9.17, 15) is 9.59 Å². The molecular weight excluding hydrogens is 268 g/mol. The second-order valence-electron chi connectivity index (χ2n) is 4.77. The van der Waals surface area contributed by atoms with E-state index < -0.39 is 5.97 Å². The molecule has 0 heterocycles. The second-order valence-corrected chi connectivity index (χ2v) is 4.77. The summed E-state index contributed by atoms with van der Waals surface area (Å²) in [6.45, 7) is 4.42. The molecule has 21 heavy (non-hydrogen) atoms. The highest BCUT2D eigenvalue weighted by Crippen LogP contribution is 2.16. The molecule has 1 rings (SSSR count). The van der Waals surface area contributed by atoms with Crippen molar-refractivity contribution in [2.45, 2.75) is 19.3 Å². The van der Waals surface area contributed by atoms with Gasteiger partial charge in [0.1, 0.15) is 0 Å². The molecule has 0 atom stereocenters. The molecule has 1 N–H and O–H groups in total. The van der Waals surface area contributed by atoms with Crippen molar-refractivity contribution in [1.82, 2.24) is 4.90 Å². The predicted molar refractivity (Wildman–Crippen MR) is 83.5 cm³/mol. The molecule has 0 aromatic heterocycles. The van der Waals surface area contributed by atoms with Gasteiger partial charge in [-0.2, -0.15) is 0 Å². The number of hydrogen-bond acceptors (Lipinski definition) is 2. The highest BCUT2D eigenvalue weighted by atomic mass is 16.4. The molecule has 0 aliphatic carbocycles. The summed E-state index contributed by atoms with van der Waals surface area (Å²) in [6, 6.07) is 8.93. The van der Waals surface area contributed by atoms with Gasteiger partial charge in [0.05, 0.1) is 6.42 Å². The SMILES string of the molecule is C=CCCCN(C)C(=O)N(CCC(=O)O)c1ccccc1. The maximum Gasteiger partial charge on any atom is 0.324 e. The van der Waals surface area contributed by atoms with Crippen molar-refractivity contribution >= 4 is 17.7 Å². The van der Waals surface area contributed by atoms with Crippen molar-refractivity contribution in [3.05, 3.63) is 43.0 Å². The van der Waals surface area contributed by atoms with Gasteiger partial charge in [0.25, 0.3) is 0 Å². The molecule has 1 aromatic rings. The van der Waals surface area contributed by atoms with E-state index in [1.807, 2.05) is 24.3 Å². The van der Waals surface area contributed by atoms with Crippen molar-refractivity contribution in [3.8, 4) is 0 Å². The van der Waals surface area contributed by atoms with Crippen LogP contribution in [-0.4, -0.2) is 42.1 Å². The third kappa shape index (κ3) is 5.69. The third-order valence-corrected chi connectivity index (χ3v) is 3.08. The maximum atomic E-state index is 12.5. The molecular formula is C16H22N2O3. The van der Waals surface area contributed by atoms with Crippen molar-refractivity contribution in [2.75, 3.05) is 25.0 Å². The first-order valence-electron chi connectivity index (χ1n) is 6.96. The predicted octanol–water partition coefficient (Wildman–Crippen LogP) is 2.99. The van der Waals surface area contributed by atoms with E-state index in [0.29, 0.717) is 12.2 Å². The zero-order chi connectivity index (χ0) is 15.7. The van der Waals surface area contributed by atoms with Gasteiger partial charge >= 0.3 is 12.0 Å².